The van der Waals surface area contributed by atoms with Gasteiger partial charge in [0.05, 0.1) is 0 Å². The summed E-state index contributed by atoms with van der Waals surface area (Å²) >= 11 is 0. The Kier molecular flexibility index (Phi) is 2.92. The van der Waals surface area contributed by atoms with Crippen molar-refractivity contribution in [2.24, 2.45) is 22.7 Å². The molecule has 1 rings (SSSR count). The Labute approximate surface area is 76.3 Å². The van der Waals surface area contributed by atoms with Crippen LogP contribution in [0.5, 0.6) is 0 Å². The average Bonchev–Trinajstić information content (AvgIpc) is 2.08. The molecule has 0 aromatic heterocycles. The van der Waals surface area contributed by atoms with E-state index in [0.29, 0.717) is 12.0 Å². The van der Waals surface area contributed by atoms with Crippen molar-refractivity contribution in [2.75, 3.05) is 0 Å². The molecule has 0 unspecified atom stereocenters. The molecular weight excluding hydrogens is 146 g/mol. The summed E-state index contributed by atoms with van der Waals surface area (Å²) in [5.74, 6) is 2.24. The third-order valence-electron chi connectivity index (χ3n) is 3.64. The van der Waals surface area contributed by atoms with Gasteiger partial charge in [-0.25, -0.2) is 0 Å². The van der Waals surface area contributed by atoms with Crippen molar-refractivity contribution >= 4 is 5.71 Å². The molecule has 0 radical (unpaired) electrons. The molecule has 0 spiro atoms. The second-order valence-corrected chi connectivity index (χ2v) is 4.22. The van der Waals surface area contributed by atoms with Gasteiger partial charge in [-0.2, -0.15) is 0 Å². The van der Waals surface area contributed by atoms with Crippen molar-refractivity contribution in [3.05, 3.63) is 0 Å². The molecule has 4 atom stereocenters. The molecule has 70 valence electrons. The van der Waals surface area contributed by atoms with E-state index in [1.165, 1.54) is 5.71 Å². The molecule has 0 aliphatic carbocycles. The molecule has 1 aliphatic rings. The highest BCUT2D eigenvalue weighted by Crippen LogP contribution is 2.31. The molecule has 1 heteroatoms. The summed E-state index contributed by atoms with van der Waals surface area (Å²) < 4.78 is 0. The second-order valence-electron chi connectivity index (χ2n) is 4.22. The van der Waals surface area contributed by atoms with Crippen LogP contribution in [0.25, 0.3) is 0 Å². The standard InChI is InChI=1S/C11H21N/c1-6-11-9(4)7(2)8(3)10(5)12-11/h7-10H,6H2,1-5H3/t7-,8+,9-,10+/m0/s1. The Balaban J connectivity index is 2.84. The minimum atomic E-state index is 0.533. The fourth-order valence-electron chi connectivity index (χ4n) is 2.11. The molecule has 1 nitrogen and oxygen atoms in total. The third kappa shape index (κ3) is 1.55. The zero-order valence-corrected chi connectivity index (χ0v) is 8.96. The summed E-state index contributed by atoms with van der Waals surface area (Å²) in [6, 6.07) is 0.533. The molecular formula is C11H21N. The Morgan fingerprint density at radius 2 is 1.67 bits per heavy atom. The first-order chi connectivity index (χ1) is 5.57. The Morgan fingerprint density at radius 1 is 1.08 bits per heavy atom. The van der Waals surface area contributed by atoms with E-state index in [9.17, 15) is 0 Å². The number of hydrogen-bond acceptors (Lipinski definition) is 1. The highest BCUT2D eigenvalue weighted by molar-refractivity contribution is 5.87. The van der Waals surface area contributed by atoms with Crippen LogP contribution < -0.4 is 0 Å². The molecule has 12 heavy (non-hydrogen) atoms. The van der Waals surface area contributed by atoms with Gasteiger partial charge in [0, 0.05) is 11.8 Å². The maximum Gasteiger partial charge on any atom is 0.0499 e. The Hall–Kier alpha value is -0.330. The number of hydrogen-bond donors (Lipinski definition) is 0. The van der Waals surface area contributed by atoms with Crippen LogP contribution >= 0.6 is 0 Å². The van der Waals surface area contributed by atoms with E-state index in [2.05, 4.69) is 34.6 Å². The van der Waals surface area contributed by atoms with Gasteiger partial charge >= 0.3 is 0 Å². The van der Waals surface area contributed by atoms with E-state index in [1.54, 1.807) is 0 Å². The van der Waals surface area contributed by atoms with Gasteiger partial charge in [0.1, 0.15) is 0 Å². The number of rotatable bonds is 1. The van der Waals surface area contributed by atoms with Crippen molar-refractivity contribution in [3.63, 3.8) is 0 Å². The lowest BCUT2D eigenvalue weighted by Crippen LogP contribution is -2.35. The highest BCUT2D eigenvalue weighted by Gasteiger charge is 2.30. The summed E-state index contributed by atoms with van der Waals surface area (Å²) in [5.41, 5.74) is 1.42. The number of aliphatic imine (C=N–C) groups is 1. The van der Waals surface area contributed by atoms with Crippen LogP contribution in [0.3, 0.4) is 0 Å². The van der Waals surface area contributed by atoms with Crippen molar-refractivity contribution in [2.45, 2.75) is 47.1 Å². The van der Waals surface area contributed by atoms with Crippen molar-refractivity contribution in [3.8, 4) is 0 Å². The zero-order valence-electron chi connectivity index (χ0n) is 8.96. The van der Waals surface area contributed by atoms with Gasteiger partial charge in [-0.3, -0.25) is 4.99 Å². The molecule has 0 amide bonds. The molecule has 0 N–H and O–H groups in total. The maximum absolute atomic E-state index is 4.73. The Bertz CT molecular complexity index is 183. The lowest BCUT2D eigenvalue weighted by atomic mass is 9.76. The van der Waals surface area contributed by atoms with Gasteiger partial charge in [0.15, 0.2) is 0 Å². The zero-order chi connectivity index (χ0) is 9.30. The summed E-state index contributed by atoms with van der Waals surface area (Å²) in [4.78, 5) is 4.73. The van der Waals surface area contributed by atoms with Crippen molar-refractivity contribution in [1.82, 2.24) is 0 Å². The highest BCUT2D eigenvalue weighted by atomic mass is 14.8. The molecule has 0 aromatic carbocycles. The smallest absolute Gasteiger partial charge is 0.0499 e. The minimum absolute atomic E-state index is 0.533. The van der Waals surface area contributed by atoms with Gasteiger partial charge < -0.3 is 0 Å². The fourth-order valence-corrected chi connectivity index (χ4v) is 2.11. The van der Waals surface area contributed by atoms with Gasteiger partial charge in [-0.15, -0.1) is 0 Å². The molecule has 1 aliphatic heterocycles. The summed E-state index contributed by atoms with van der Waals surface area (Å²) in [5, 5.41) is 0. The predicted molar refractivity (Wildman–Crippen MR) is 54.7 cm³/mol. The second kappa shape index (κ2) is 3.59. The monoisotopic (exact) mass is 167 g/mol. The van der Waals surface area contributed by atoms with E-state index >= 15 is 0 Å². The van der Waals surface area contributed by atoms with Crippen LogP contribution in [0.2, 0.25) is 0 Å². The predicted octanol–water partition coefficient (Wildman–Crippen LogP) is 3.15. The number of nitrogens with zero attached hydrogens (tertiary/aromatic N) is 1. The van der Waals surface area contributed by atoms with Crippen LogP contribution in [0.1, 0.15) is 41.0 Å². The van der Waals surface area contributed by atoms with Gasteiger partial charge in [0.2, 0.25) is 0 Å². The van der Waals surface area contributed by atoms with Crippen LogP contribution in [-0.2, 0) is 0 Å². The molecule has 0 aromatic rings. The quantitative estimate of drug-likeness (QED) is 0.569. The fraction of sp³-hybridized carbons (Fsp3) is 0.909. The third-order valence-corrected chi connectivity index (χ3v) is 3.64. The minimum Gasteiger partial charge on any atom is -0.291 e. The molecule has 0 bridgehead atoms. The Morgan fingerprint density at radius 3 is 2.17 bits per heavy atom. The summed E-state index contributed by atoms with van der Waals surface area (Å²) in [7, 11) is 0. The van der Waals surface area contributed by atoms with E-state index in [0.717, 1.165) is 18.3 Å². The summed E-state index contributed by atoms with van der Waals surface area (Å²) in [6.45, 7) is 11.4. The maximum atomic E-state index is 4.73. The largest absolute Gasteiger partial charge is 0.291 e. The van der Waals surface area contributed by atoms with Crippen LogP contribution in [0.4, 0.5) is 0 Å². The van der Waals surface area contributed by atoms with E-state index in [-0.39, 0.29) is 0 Å². The summed E-state index contributed by atoms with van der Waals surface area (Å²) in [6.07, 6.45) is 1.13. The van der Waals surface area contributed by atoms with Crippen molar-refractivity contribution in [1.29, 1.82) is 0 Å². The van der Waals surface area contributed by atoms with Gasteiger partial charge in [-0.1, -0.05) is 27.7 Å². The van der Waals surface area contributed by atoms with Crippen molar-refractivity contribution < 1.29 is 0 Å². The first-order valence-electron chi connectivity index (χ1n) is 5.14. The molecule has 1 heterocycles. The lowest BCUT2D eigenvalue weighted by Gasteiger charge is -2.35. The van der Waals surface area contributed by atoms with Gasteiger partial charge in [-0.05, 0) is 31.1 Å². The van der Waals surface area contributed by atoms with E-state index in [4.69, 9.17) is 4.99 Å². The first kappa shape index (κ1) is 9.76. The molecule has 0 saturated heterocycles. The van der Waals surface area contributed by atoms with Crippen LogP contribution in [0, 0.1) is 17.8 Å². The first-order valence-corrected chi connectivity index (χ1v) is 5.14. The molecule has 0 fully saturated rings. The SMILES string of the molecule is CCC1=N[C@H](C)[C@H](C)[C@H](C)[C@@H]1C. The van der Waals surface area contributed by atoms with E-state index < -0.39 is 0 Å². The lowest BCUT2D eigenvalue weighted by molar-refractivity contribution is 0.274. The van der Waals surface area contributed by atoms with Crippen LogP contribution in [0.15, 0.2) is 4.99 Å². The average molecular weight is 167 g/mol. The van der Waals surface area contributed by atoms with E-state index in [1.807, 2.05) is 0 Å². The molecule has 0 saturated carbocycles. The normalized spacial score (nSPS) is 42.6. The van der Waals surface area contributed by atoms with Crippen LogP contribution in [-0.4, -0.2) is 11.8 Å². The van der Waals surface area contributed by atoms with Gasteiger partial charge in [0.25, 0.3) is 0 Å². The topological polar surface area (TPSA) is 12.4 Å².